The molecule has 54 valence electrons. The lowest BCUT2D eigenvalue weighted by Gasteiger charge is -1.91. The molecule has 0 spiro atoms. The smallest absolute Gasteiger partial charge is 0.221 e. The van der Waals surface area contributed by atoms with E-state index in [1.807, 2.05) is 0 Å². The minimum Gasteiger partial charge on any atom is -0.281 e. The predicted molar refractivity (Wildman–Crippen MR) is 48.2 cm³/mol. The van der Waals surface area contributed by atoms with Crippen molar-refractivity contribution < 1.29 is 4.79 Å². The summed E-state index contributed by atoms with van der Waals surface area (Å²) in [4.78, 5) is 10.2. The largest absolute Gasteiger partial charge is 0.281 e. The van der Waals surface area contributed by atoms with Crippen LogP contribution >= 0.6 is 34.2 Å². The predicted octanol–water partition coefficient (Wildman–Crippen LogP) is 2.75. The van der Waals surface area contributed by atoms with Gasteiger partial charge in [0.15, 0.2) is 0 Å². The summed E-state index contributed by atoms with van der Waals surface area (Å²) in [7, 11) is 0. The lowest BCUT2D eigenvalue weighted by molar-refractivity contribution is -0.111. The van der Waals surface area contributed by atoms with Crippen molar-refractivity contribution in [3.8, 4) is 0 Å². The average molecular weight is 261 g/mol. The zero-order valence-corrected chi connectivity index (χ0v) is 8.11. The van der Waals surface area contributed by atoms with Crippen LogP contribution in [0.4, 0.5) is 0 Å². The van der Waals surface area contributed by atoms with E-state index in [4.69, 9.17) is 11.6 Å². The molecule has 0 aliphatic carbocycles. The summed E-state index contributed by atoms with van der Waals surface area (Å²) in [5.74, 6) is 0. The van der Waals surface area contributed by atoms with Gasteiger partial charge in [-0.15, -0.1) is 0 Å². The molecule has 0 rings (SSSR count). The van der Waals surface area contributed by atoms with Crippen LogP contribution in [0, 0.1) is 0 Å². The Hall–Kier alpha value is 0.690. The van der Waals surface area contributed by atoms with E-state index >= 15 is 0 Å². The van der Waals surface area contributed by atoms with Gasteiger partial charge in [-0.1, -0.05) is 29.0 Å². The summed E-state index contributed by atoms with van der Waals surface area (Å²) < 4.78 is 1.17. The van der Waals surface area contributed by atoms with Crippen molar-refractivity contribution in [1.82, 2.24) is 0 Å². The Labute approximate surface area is 74.3 Å². The minimum absolute atomic E-state index is 0.205. The SMILES string of the molecule is O=C(Cl)CCCCCI. The lowest BCUT2D eigenvalue weighted by Crippen LogP contribution is -1.85. The molecule has 0 unspecified atom stereocenters. The van der Waals surface area contributed by atoms with Crippen LogP contribution in [0.25, 0.3) is 0 Å². The molecule has 9 heavy (non-hydrogen) atoms. The van der Waals surface area contributed by atoms with Crippen molar-refractivity contribution in [1.29, 1.82) is 0 Å². The molecule has 3 heteroatoms. The van der Waals surface area contributed by atoms with E-state index in [1.165, 1.54) is 10.8 Å². The summed E-state index contributed by atoms with van der Waals surface area (Å²) >= 11 is 7.44. The third-order valence-corrected chi connectivity index (χ3v) is 1.96. The second kappa shape index (κ2) is 6.81. The molecule has 0 aliphatic heterocycles. The first-order chi connectivity index (χ1) is 4.27. The molecule has 0 fully saturated rings. The Bertz CT molecular complexity index is 85.1. The van der Waals surface area contributed by atoms with Gasteiger partial charge in [-0.05, 0) is 28.9 Å². The molecule has 0 atom stereocenters. The number of hydrogen-bond acceptors (Lipinski definition) is 1. The van der Waals surface area contributed by atoms with Crippen LogP contribution in [0.2, 0.25) is 0 Å². The van der Waals surface area contributed by atoms with E-state index in [9.17, 15) is 4.79 Å². The van der Waals surface area contributed by atoms with Crippen LogP contribution in [0.3, 0.4) is 0 Å². The van der Waals surface area contributed by atoms with Gasteiger partial charge in [0.2, 0.25) is 5.24 Å². The number of halogens is 2. The van der Waals surface area contributed by atoms with Gasteiger partial charge < -0.3 is 0 Å². The van der Waals surface area contributed by atoms with Crippen LogP contribution < -0.4 is 0 Å². The molecule has 1 nitrogen and oxygen atoms in total. The first-order valence-electron chi connectivity index (χ1n) is 3.01. The molecule has 0 radical (unpaired) electrons. The van der Waals surface area contributed by atoms with Crippen LogP contribution in [-0.4, -0.2) is 9.67 Å². The number of hydrogen-bond donors (Lipinski definition) is 0. The molecule has 0 heterocycles. The zero-order valence-electron chi connectivity index (χ0n) is 5.20. The second-order valence-electron chi connectivity index (χ2n) is 1.85. The maximum absolute atomic E-state index is 10.2. The summed E-state index contributed by atoms with van der Waals surface area (Å²) in [5.41, 5.74) is 0. The molecule has 0 saturated heterocycles. The van der Waals surface area contributed by atoms with Crippen LogP contribution in [0.15, 0.2) is 0 Å². The number of carbonyl (C=O) groups excluding carboxylic acids is 1. The maximum atomic E-state index is 10.2. The second-order valence-corrected chi connectivity index (χ2v) is 3.36. The Morgan fingerprint density at radius 2 is 2.00 bits per heavy atom. The van der Waals surface area contributed by atoms with Gasteiger partial charge >= 0.3 is 0 Å². The highest BCUT2D eigenvalue weighted by molar-refractivity contribution is 14.1. The highest BCUT2D eigenvalue weighted by Crippen LogP contribution is 2.03. The molecular weight excluding hydrogens is 250 g/mol. The van der Waals surface area contributed by atoms with E-state index in [1.54, 1.807) is 0 Å². The lowest BCUT2D eigenvalue weighted by atomic mass is 10.2. The fourth-order valence-electron chi connectivity index (χ4n) is 0.535. The van der Waals surface area contributed by atoms with Crippen molar-refractivity contribution in [2.75, 3.05) is 4.43 Å². The van der Waals surface area contributed by atoms with Crippen LogP contribution in [0.5, 0.6) is 0 Å². The average Bonchev–Trinajstić information content (AvgIpc) is 1.80. The summed E-state index contributed by atoms with van der Waals surface area (Å²) in [6.45, 7) is 0. The Morgan fingerprint density at radius 1 is 1.33 bits per heavy atom. The zero-order chi connectivity index (χ0) is 7.11. The number of carbonyl (C=O) groups is 1. The molecule has 0 N–H and O–H groups in total. The normalized spacial score (nSPS) is 9.56. The van der Waals surface area contributed by atoms with Crippen molar-refractivity contribution in [3.63, 3.8) is 0 Å². The van der Waals surface area contributed by atoms with E-state index < -0.39 is 0 Å². The summed E-state index contributed by atoms with van der Waals surface area (Å²) in [5, 5.41) is -0.205. The molecule has 0 aromatic carbocycles. The van der Waals surface area contributed by atoms with Crippen molar-refractivity contribution in [2.24, 2.45) is 0 Å². The summed E-state index contributed by atoms with van der Waals surface area (Å²) in [6.07, 6.45) is 3.82. The third kappa shape index (κ3) is 8.69. The van der Waals surface area contributed by atoms with Crippen LogP contribution in [0.1, 0.15) is 25.7 Å². The fourth-order valence-corrected chi connectivity index (χ4v) is 1.21. The molecule has 0 amide bonds. The fraction of sp³-hybridized carbons (Fsp3) is 0.833. The highest BCUT2D eigenvalue weighted by atomic mass is 127. The van der Waals surface area contributed by atoms with Gasteiger partial charge in [0.25, 0.3) is 0 Å². The van der Waals surface area contributed by atoms with Crippen molar-refractivity contribution in [3.05, 3.63) is 0 Å². The number of alkyl halides is 1. The molecule has 0 aromatic heterocycles. The van der Waals surface area contributed by atoms with Gasteiger partial charge in [0.05, 0.1) is 0 Å². The van der Waals surface area contributed by atoms with Crippen molar-refractivity contribution >= 4 is 39.4 Å². The van der Waals surface area contributed by atoms with Crippen molar-refractivity contribution in [2.45, 2.75) is 25.7 Å². The topological polar surface area (TPSA) is 17.1 Å². The van der Waals surface area contributed by atoms with E-state index in [-0.39, 0.29) is 5.24 Å². The van der Waals surface area contributed by atoms with Gasteiger partial charge in [0.1, 0.15) is 0 Å². The minimum atomic E-state index is -0.205. The first kappa shape index (κ1) is 9.69. The van der Waals surface area contributed by atoms with E-state index in [0.29, 0.717) is 6.42 Å². The monoisotopic (exact) mass is 260 g/mol. The van der Waals surface area contributed by atoms with Gasteiger partial charge in [-0.2, -0.15) is 0 Å². The Balaban J connectivity index is 2.83. The Morgan fingerprint density at radius 3 is 2.44 bits per heavy atom. The number of rotatable bonds is 5. The maximum Gasteiger partial charge on any atom is 0.221 e. The third-order valence-electron chi connectivity index (χ3n) is 1.01. The molecule has 0 aliphatic rings. The molecule has 0 saturated carbocycles. The quantitative estimate of drug-likeness (QED) is 0.321. The van der Waals surface area contributed by atoms with Gasteiger partial charge in [-0.25, -0.2) is 0 Å². The Kier molecular flexibility index (Phi) is 7.33. The van der Waals surface area contributed by atoms with Gasteiger partial charge in [0, 0.05) is 6.42 Å². The molecule has 0 aromatic rings. The number of unbranched alkanes of at least 4 members (excludes halogenated alkanes) is 2. The molecular formula is C6H10ClIO. The standard InChI is InChI=1S/C6H10ClIO/c7-6(9)4-2-1-3-5-8/h1-5H2. The van der Waals surface area contributed by atoms with Gasteiger partial charge in [-0.3, -0.25) is 4.79 Å². The van der Waals surface area contributed by atoms with E-state index in [2.05, 4.69) is 22.6 Å². The van der Waals surface area contributed by atoms with Crippen LogP contribution in [-0.2, 0) is 4.79 Å². The molecule has 0 bridgehead atoms. The first-order valence-corrected chi connectivity index (χ1v) is 4.92. The highest BCUT2D eigenvalue weighted by Gasteiger charge is 1.93. The summed E-state index contributed by atoms with van der Waals surface area (Å²) in [6, 6.07) is 0. The van der Waals surface area contributed by atoms with E-state index in [0.717, 1.165) is 12.8 Å².